The van der Waals surface area contributed by atoms with Crippen molar-refractivity contribution >= 4 is 11.9 Å². The van der Waals surface area contributed by atoms with Gasteiger partial charge in [-0.05, 0) is 38.0 Å². The summed E-state index contributed by atoms with van der Waals surface area (Å²) in [5, 5.41) is 9.82. The monoisotopic (exact) mass is 294 g/mol. The van der Waals surface area contributed by atoms with Crippen molar-refractivity contribution in [3.63, 3.8) is 0 Å². The molecule has 1 rings (SSSR count). The van der Waals surface area contributed by atoms with Crippen molar-refractivity contribution < 1.29 is 24.2 Å². The zero-order valence-electron chi connectivity index (χ0n) is 12.9. The van der Waals surface area contributed by atoms with E-state index >= 15 is 0 Å². The van der Waals surface area contributed by atoms with Crippen molar-refractivity contribution in [3.05, 3.63) is 29.8 Å². The highest BCUT2D eigenvalue weighted by Gasteiger charge is 2.17. The zero-order chi connectivity index (χ0) is 16.0. The van der Waals surface area contributed by atoms with Gasteiger partial charge < -0.3 is 14.6 Å². The third-order valence-corrected chi connectivity index (χ3v) is 3.14. The minimum absolute atomic E-state index is 0.233. The van der Waals surface area contributed by atoms with E-state index in [-0.39, 0.29) is 5.92 Å². The van der Waals surface area contributed by atoms with Crippen LogP contribution in [0, 0.1) is 5.92 Å². The van der Waals surface area contributed by atoms with Gasteiger partial charge in [0.05, 0.1) is 11.5 Å². The van der Waals surface area contributed by atoms with E-state index in [0.717, 1.165) is 0 Å². The van der Waals surface area contributed by atoms with Gasteiger partial charge in [0.1, 0.15) is 5.75 Å². The third kappa shape index (κ3) is 5.55. The minimum Gasteiger partial charge on any atom is -0.453 e. The number of esters is 2. The van der Waals surface area contributed by atoms with Crippen LogP contribution in [-0.2, 0) is 19.9 Å². The Bertz CT molecular complexity index is 484. The fourth-order valence-corrected chi connectivity index (χ4v) is 1.53. The van der Waals surface area contributed by atoms with E-state index < -0.39 is 24.1 Å². The number of carbonyl (C=O) groups is 2. The molecule has 0 bridgehead atoms. The first kappa shape index (κ1) is 17.2. The fraction of sp³-hybridized carbons (Fsp3) is 0.500. The lowest BCUT2D eigenvalue weighted by atomic mass is 9.99. The van der Waals surface area contributed by atoms with Crippen molar-refractivity contribution in [2.75, 3.05) is 6.61 Å². The summed E-state index contributed by atoms with van der Waals surface area (Å²) < 4.78 is 9.90. The van der Waals surface area contributed by atoms with Gasteiger partial charge in [0.25, 0.3) is 0 Å². The molecule has 0 saturated carbocycles. The molecule has 0 spiro atoms. The maximum atomic E-state index is 11.6. The summed E-state index contributed by atoms with van der Waals surface area (Å²) in [6, 6.07) is 6.52. The molecule has 0 aliphatic rings. The summed E-state index contributed by atoms with van der Waals surface area (Å²) >= 11 is 0. The van der Waals surface area contributed by atoms with Gasteiger partial charge >= 0.3 is 11.9 Å². The van der Waals surface area contributed by atoms with E-state index in [9.17, 15) is 14.7 Å². The van der Waals surface area contributed by atoms with Crippen LogP contribution in [0.5, 0.6) is 5.75 Å². The first-order chi connectivity index (χ1) is 9.74. The SMILES string of the molecule is CCC(C)C(=O)OCC(=O)Oc1ccc(C(C)(C)O)cc1. The van der Waals surface area contributed by atoms with Crippen molar-refractivity contribution in [1.82, 2.24) is 0 Å². The first-order valence-corrected chi connectivity index (χ1v) is 6.94. The average Bonchev–Trinajstić information content (AvgIpc) is 2.43. The Morgan fingerprint density at radius 1 is 1.24 bits per heavy atom. The molecule has 0 heterocycles. The molecule has 1 N–H and O–H groups in total. The summed E-state index contributed by atoms with van der Waals surface area (Å²) in [4.78, 5) is 23.0. The quantitative estimate of drug-likeness (QED) is 0.644. The van der Waals surface area contributed by atoms with E-state index in [1.807, 2.05) is 6.92 Å². The number of ether oxygens (including phenoxy) is 2. The number of rotatable bonds is 6. The molecule has 0 aliphatic carbocycles. The molecule has 21 heavy (non-hydrogen) atoms. The summed E-state index contributed by atoms with van der Waals surface area (Å²) in [5.74, 6) is -0.939. The molecule has 116 valence electrons. The van der Waals surface area contributed by atoms with E-state index in [2.05, 4.69) is 0 Å². The Labute approximate surface area is 124 Å². The maximum absolute atomic E-state index is 11.6. The van der Waals surface area contributed by atoms with Gasteiger partial charge in [0.2, 0.25) is 0 Å². The number of benzene rings is 1. The second kappa shape index (κ2) is 7.22. The maximum Gasteiger partial charge on any atom is 0.349 e. The van der Waals surface area contributed by atoms with Crippen LogP contribution in [0.3, 0.4) is 0 Å². The van der Waals surface area contributed by atoms with Crippen molar-refractivity contribution in [3.8, 4) is 5.75 Å². The van der Waals surface area contributed by atoms with Gasteiger partial charge in [0, 0.05) is 0 Å². The van der Waals surface area contributed by atoms with Gasteiger partial charge in [-0.25, -0.2) is 4.79 Å². The van der Waals surface area contributed by atoms with Gasteiger partial charge in [0.15, 0.2) is 6.61 Å². The highest BCUT2D eigenvalue weighted by Crippen LogP contribution is 2.22. The summed E-state index contributed by atoms with van der Waals surface area (Å²) in [7, 11) is 0. The van der Waals surface area contributed by atoms with Crippen LogP contribution < -0.4 is 4.74 Å². The molecular formula is C16H22O5. The van der Waals surface area contributed by atoms with Crippen LogP contribution in [0.2, 0.25) is 0 Å². The van der Waals surface area contributed by atoms with Crippen molar-refractivity contribution in [2.24, 2.45) is 5.92 Å². The molecule has 1 unspecified atom stereocenters. The lowest BCUT2D eigenvalue weighted by Gasteiger charge is -2.17. The van der Waals surface area contributed by atoms with Gasteiger partial charge in [-0.3, -0.25) is 4.79 Å². The first-order valence-electron chi connectivity index (χ1n) is 6.94. The molecule has 5 nitrogen and oxygen atoms in total. The molecule has 0 fully saturated rings. The summed E-state index contributed by atoms with van der Waals surface area (Å²) in [6.07, 6.45) is 0.659. The molecule has 5 heteroatoms. The Morgan fingerprint density at radius 2 is 1.81 bits per heavy atom. The predicted molar refractivity (Wildman–Crippen MR) is 77.7 cm³/mol. The Hall–Kier alpha value is -1.88. The highest BCUT2D eigenvalue weighted by molar-refractivity contribution is 5.78. The summed E-state index contributed by atoms with van der Waals surface area (Å²) in [5.41, 5.74) is -0.237. The van der Waals surface area contributed by atoms with Crippen LogP contribution >= 0.6 is 0 Å². The number of hydrogen-bond donors (Lipinski definition) is 1. The zero-order valence-corrected chi connectivity index (χ0v) is 12.9. The van der Waals surface area contributed by atoms with E-state index in [4.69, 9.17) is 9.47 Å². The van der Waals surface area contributed by atoms with E-state index in [1.165, 1.54) is 0 Å². The molecule has 0 aliphatic heterocycles. The molecule has 0 radical (unpaired) electrons. The summed E-state index contributed by atoms with van der Waals surface area (Å²) in [6.45, 7) is 6.54. The van der Waals surface area contributed by atoms with Gasteiger partial charge in [-0.2, -0.15) is 0 Å². The molecule has 0 saturated heterocycles. The average molecular weight is 294 g/mol. The van der Waals surface area contributed by atoms with E-state index in [0.29, 0.717) is 17.7 Å². The molecule has 1 atom stereocenters. The van der Waals surface area contributed by atoms with Crippen molar-refractivity contribution in [2.45, 2.75) is 39.7 Å². The molecule has 1 aromatic carbocycles. The second-order valence-electron chi connectivity index (χ2n) is 5.47. The third-order valence-electron chi connectivity index (χ3n) is 3.14. The Kier molecular flexibility index (Phi) is 5.90. The smallest absolute Gasteiger partial charge is 0.349 e. The van der Waals surface area contributed by atoms with Crippen LogP contribution in [0.1, 0.15) is 39.7 Å². The van der Waals surface area contributed by atoms with Crippen molar-refractivity contribution in [1.29, 1.82) is 0 Å². The normalized spacial score (nSPS) is 12.6. The Balaban J connectivity index is 2.50. The standard InChI is InChI=1S/C16H22O5/c1-5-11(2)15(18)20-10-14(17)21-13-8-6-12(7-9-13)16(3,4)19/h6-9,11,19H,5,10H2,1-4H3. The largest absolute Gasteiger partial charge is 0.453 e. The highest BCUT2D eigenvalue weighted by atomic mass is 16.6. The fourth-order valence-electron chi connectivity index (χ4n) is 1.53. The molecule has 0 aromatic heterocycles. The van der Waals surface area contributed by atoms with Crippen LogP contribution in [0.25, 0.3) is 0 Å². The van der Waals surface area contributed by atoms with E-state index in [1.54, 1.807) is 45.0 Å². The Morgan fingerprint density at radius 3 is 2.29 bits per heavy atom. The van der Waals surface area contributed by atoms with Crippen LogP contribution in [0.15, 0.2) is 24.3 Å². The van der Waals surface area contributed by atoms with Gasteiger partial charge in [-0.15, -0.1) is 0 Å². The van der Waals surface area contributed by atoms with Crippen LogP contribution in [0.4, 0.5) is 0 Å². The second-order valence-corrected chi connectivity index (χ2v) is 5.47. The lowest BCUT2D eigenvalue weighted by Crippen LogP contribution is -2.22. The molecule has 1 aromatic rings. The predicted octanol–water partition coefficient (Wildman–Crippen LogP) is 2.41. The molecule has 0 amide bonds. The van der Waals surface area contributed by atoms with Crippen LogP contribution in [-0.4, -0.2) is 23.7 Å². The topological polar surface area (TPSA) is 72.8 Å². The number of hydrogen-bond acceptors (Lipinski definition) is 5. The number of aliphatic hydroxyl groups is 1. The van der Waals surface area contributed by atoms with Gasteiger partial charge in [-0.1, -0.05) is 26.0 Å². The number of carbonyl (C=O) groups excluding carboxylic acids is 2. The minimum atomic E-state index is -0.950. The lowest BCUT2D eigenvalue weighted by molar-refractivity contribution is -0.156. The molecular weight excluding hydrogens is 272 g/mol.